The number of aryl methyl sites for hydroxylation is 1. The molecule has 0 saturated carbocycles. The van der Waals surface area contributed by atoms with Gasteiger partial charge in [0.25, 0.3) is 0 Å². The number of thiazole rings is 1. The molecule has 0 unspecified atom stereocenters. The van der Waals surface area contributed by atoms with Crippen molar-refractivity contribution in [1.29, 1.82) is 0 Å². The van der Waals surface area contributed by atoms with Gasteiger partial charge in [-0.05, 0) is 36.5 Å². The topological polar surface area (TPSA) is 42.9 Å². The average Bonchev–Trinajstić information content (AvgIpc) is 3.03. The molecule has 2 aromatic heterocycles. The van der Waals surface area contributed by atoms with Gasteiger partial charge in [0.1, 0.15) is 5.01 Å². The van der Waals surface area contributed by atoms with Gasteiger partial charge in [-0.3, -0.25) is 4.79 Å². The monoisotopic (exact) mass is 348 g/mol. The Bertz CT molecular complexity index is 972. The van der Waals surface area contributed by atoms with E-state index < -0.39 is 0 Å². The Morgan fingerprint density at radius 3 is 2.76 bits per heavy atom. The lowest BCUT2D eigenvalue weighted by Crippen LogP contribution is -2.27. The Kier molecular flexibility index (Phi) is 3.80. The van der Waals surface area contributed by atoms with Crippen molar-refractivity contribution in [3.05, 3.63) is 59.4 Å². The van der Waals surface area contributed by atoms with E-state index in [0.29, 0.717) is 6.42 Å². The molecule has 25 heavy (non-hydrogen) atoms. The van der Waals surface area contributed by atoms with Gasteiger partial charge < -0.3 is 0 Å². The summed E-state index contributed by atoms with van der Waals surface area (Å²) in [5, 5.41) is 0.898. The third-order valence-electron chi connectivity index (χ3n) is 4.59. The van der Waals surface area contributed by atoms with E-state index in [2.05, 4.69) is 50.0 Å². The summed E-state index contributed by atoms with van der Waals surface area (Å²) in [5.41, 5.74) is 4.93. The largest absolute Gasteiger partial charge is 0.294 e. The summed E-state index contributed by atoms with van der Waals surface area (Å²) in [6.45, 7) is 6.35. The molecule has 0 atom stereocenters. The second-order valence-corrected chi connectivity index (χ2v) is 8.56. The summed E-state index contributed by atoms with van der Waals surface area (Å²) in [6, 6.07) is 12.3. The number of rotatable bonds is 2. The number of nitrogens with zero attached hydrogens (tertiary/aromatic N) is 2. The number of fused-ring (bicyclic) bond motifs is 1. The molecule has 0 bridgehead atoms. The van der Waals surface area contributed by atoms with E-state index in [1.807, 2.05) is 18.3 Å². The lowest BCUT2D eigenvalue weighted by molar-refractivity contribution is 0.0910. The van der Waals surface area contributed by atoms with Crippen LogP contribution in [-0.2, 0) is 6.42 Å². The summed E-state index contributed by atoms with van der Waals surface area (Å²) in [6.07, 6.45) is 3.33. The van der Waals surface area contributed by atoms with E-state index in [4.69, 9.17) is 4.98 Å². The number of pyridine rings is 1. The maximum absolute atomic E-state index is 12.3. The van der Waals surface area contributed by atoms with Crippen LogP contribution in [0.1, 0.15) is 41.9 Å². The molecule has 1 aromatic carbocycles. The number of carbonyl (C=O) groups is 1. The Labute approximate surface area is 151 Å². The number of hydrogen-bond acceptors (Lipinski definition) is 4. The molecule has 0 N–H and O–H groups in total. The minimum Gasteiger partial charge on any atom is -0.294 e. The Hall–Kier alpha value is -2.33. The first kappa shape index (κ1) is 16.2. The molecule has 1 aliphatic rings. The second kappa shape index (κ2) is 5.88. The molecule has 2 heterocycles. The SMILES string of the molecule is Cc1cccc(-c2cnc(-c3ccc4c(n3)CC(C)(C)CC4=O)s2)c1. The van der Waals surface area contributed by atoms with Crippen molar-refractivity contribution < 1.29 is 4.79 Å². The number of benzene rings is 1. The van der Waals surface area contributed by atoms with Crippen molar-refractivity contribution in [2.75, 3.05) is 0 Å². The smallest absolute Gasteiger partial charge is 0.165 e. The van der Waals surface area contributed by atoms with E-state index in [-0.39, 0.29) is 11.2 Å². The standard InChI is InChI=1S/C21H20N2OS/c1-13-5-4-6-14(9-13)19-12-22-20(25-19)16-8-7-15-17(23-16)10-21(2,3)11-18(15)24/h4-9,12H,10-11H2,1-3H3. The lowest BCUT2D eigenvalue weighted by atomic mass is 9.75. The minimum absolute atomic E-state index is 0.0225. The van der Waals surface area contributed by atoms with Crippen LogP contribution in [0.2, 0.25) is 0 Å². The molecule has 0 amide bonds. The quantitative estimate of drug-likeness (QED) is 0.628. The molecule has 0 aliphatic heterocycles. The van der Waals surface area contributed by atoms with Crippen LogP contribution in [0.15, 0.2) is 42.6 Å². The van der Waals surface area contributed by atoms with Gasteiger partial charge in [0.2, 0.25) is 0 Å². The average molecular weight is 348 g/mol. The molecule has 3 nitrogen and oxygen atoms in total. The Balaban J connectivity index is 1.71. The third-order valence-corrected chi connectivity index (χ3v) is 5.66. The molecular formula is C21H20N2OS. The van der Waals surface area contributed by atoms with Crippen LogP contribution in [0.25, 0.3) is 21.1 Å². The number of Topliss-reactive ketones (excluding diaryl/α,β-unsaturated/α-hetero) is 1. The molecule has 3 aromatic rings. The van der Waals surface area contributed by atoms with E-state index >= 15 is 0 Å². The maximum atomic E-state index is 12.3. The molecule has 0 fully saturated rings. The van der Waals surface area contributed by atoms with Gasteiger partial charge in [0, 0.05) is 18.2 Å². The van der Waals surface area contributed by atoms with E-state index in [0.717, 1.165) is 33.3 Å². The summed E-state index contributed by atoms with van der Waals surface area (Å²) >= 11 is 1.64. The van der Waals surface area contributed by atoms with Gasteiger partial charge in [-0.25, -0.2) is 9.97 Å². The van der Waals surface area contributed by atoms with Gasteiger partial charge >= 0.3 is 0 Å². The number of ketones is 1. The van der Waals surface area contributed by atoms with Gasteiger partial charge in [0.05, 0.1) is 16.3 Å². The highest BCUT2D eigenvalue weighted by molar-refractivity contribution is 7.18. The third kappa shape index (κ3) is 3.14. The van der Waals surface area contributed by atoms with E-state index in [1.165, 1.54) is 11.1 Å². The van der Waals surface area contributed by atoms with Crippen LogP contribution in [0.3, 0.4) is 0 Å². The molecule has 1 aliphatic carbocycles. The summed E-state index contributed by atoms with van der Waals surface area (Å²) < 4.78 is 0. The first-order valence-corrected chi connectivity index (χ1v) is 9.29. The van der Waals surface area contributed by atoms with Gasteiger partial charge in [0.15, 0.2) is 5.78 Å². The highest BCUT2D eigenvalue weighted by atomic mass is 32.1. The molecule has 4 heteroatoms. The zero-order valence-electron chi connectivity index (χ0n) is 14.7. The molecule has 0 spiro atoms. The van der Waals surface area contributed by atoms with Crippen molar-refractivity contribution >= 4 is 17.1 Å². The van der Waals surface area contributed by atoms with Crippen molar-refractivity contribution in [3.63, 3.8) is 0 Å². The first-order chi connectivity index (χ1) is 11.9. The zero-order valence-corrected chi connectivity index (χ0v) is 15.5. The normalized spacial score (nSPS) is 15.9. The van der Waals surface area contributed by atoms with Gasteiger partial charge in [-0.15, -0.1) is 11.3 Å². The van der Waals surface area contributed by atoms with Crippen molar-refractivity contribution in [2.45, 2.75) is 33.6 Å². The number of aromatic nitrogens is 2. The molecule has 0 radical (unpaired) electrons. The molecular weight excluding hydrogens is 328 g/mol. The summed E-state index contributed by atoms with van der Waals surface area (Å²) in [4.78, 5) is 22.8. The zero-order chi connectivity index (χ0) is 17.6. The maximum Gasteiger partial charge on any atom is 0.165 e. The predicted molar refractivity (Wildman–Crippen MR) is 102 cm³/mol. The van der Waals surface area contributed by atoms with Crippen LogP contribution in [0, 0.1) is 12.3 Å². The van der Waals surface area contributed by atoms with Crippen molar-refractivity contribution in [3.8, 4) is 21.1 Å². The summed E-state index contributed by atoms with van der Waals surface area (Å²) in [5.74, 6) is 0.199. The second-order valence-electron chi connectivity index (χ2n) is 7.53. The Morgan fingerprint density at radius 1 is 1.12 bits per heavy atom. The van der Waals surface area contributed by atoms with Crippen LogP contribution in [0.5, 0.6) is 0 Å². The summed E-state index contributed by atoms with van der Waals surface area (Å²) in [7, 11) is 0. The molecule has 4 rings (SSSR count). The van der Waals surface area contributed by atoms with Gasteiger partial charge in [-0.2, -0.15) is 0 Å². The fourth-order valence-corrected chi connectivity index (χ4v) is 4.26. The van der Waals surface area contributed by atoms with Gasteiger partial charge in [-0.1, -0.05) is 43.7 Å². The predicted octanol–water partition coefficient (Wildman–Crippen LogP) is 5.34. The fourth-order valence-electron chi connectivity index (χ4n) is 3.38. The van der Waals surface area contributed by atoms with Crippen LogP contribution in [0.4, 0.5) is 0 Å². The molecule has 0 saturated heterocycles. The lowest BCUT2D eigenvalue weighted by Gasteiger charge is -2.29. The van der Waals surface area contributed by atoms with Crippen molar-refractivity contribution in [1.82, 2.24) is 9.97 Å². The van der Waals surface area contributed by atoms with Crippen LogP contribution < -0.4 is 0 Å². The van der Waals surface area contributed by atoms with E-state index in [1.54, 1.807) is 11.3 Å². The number of carbonyl (C=O) groups excluding carboxylic acids is 1. The highest BCUT2D eigenvalue weighted by Gasteiger charge is 2.32. The first-order valence-electron chi connectivity index (χ1n) is 8.48. The number of hydrogen-bond donors (Lipinski definition) is 0. The minimum atomic E-state index is -0.0225. The Morgan fingerprint density at radius 2 is 1.96 bits per heavy atom. The van der Waals surface area contributed by atoms with Crippen LogP contribution >= 0.6 is 11.3 Å². The van der Waals surface area contributed by atoms with Crippen molar-refractivity contribution in [2.24, 2.45) is 5.41 Å². The fraction of sp³-hybridized carbons (Fsp3) is 0.286. The molecule has 126 valence electrons. The van der Waals surface area contributed by atoms with Crippen LogP contribution in [-0.4, -0.2) is 15.8 Å². The van der Waals surface area contributed by atoms with E-state index in [9.17, 15) is 4.79 Å². The highest BCUT2D eigenvalue weighted by Crippen LogP contribution is 2.36.